The van der Waals surface area contributed by atoms with E-state index in [9.17, 15) is 27.2 Å². The van der Waals surface area contributed by atoms with Crippen molar-refractivity contribution < 1.29 is 27.2 Å². The van der Waals surface area contributed by atoms with E-state index in [0.717, 1.165) is 16.3 Å². The molecular weight excluding hydrogens is 300 g/mol. The lowest BCUT2D eigenvalue weighted by atomic mass is 9.92. The lowest BCUT2D eigenvalue weighted by Crippen LogP contribution is -2.15. The van der Waals surface area contributed by atoms with Crippen molar-refractivity contribution in [2.75, 3.05) is 13.9 Å². The van der Waals surface area contributed by atoms with Crippen molar-refractivity contribution in [3.63, 3.8) is 0 Å². The molecule has 6 heteroatoms. The van der Waals surface area contributed by atoms with Crippen LogP contribution in [0.3, 0.4) is 0 Å². The zero-order chi connectivity index (χ0) is 16.5. The number of hydrogen-bond acceptors (Lipinski definition) is 2. The third kappa shape index (κ3) is 4.25. The van der Waals surface area contributed by atoms with Crippen LogP contribution in [0.15, 0.2) is 42.5 Å². The number of carbonyl (C=O) groups is 2. The van der Waals surface area contributed by atoms with Gasteiger partial charge in [-0.3, -0.25) is 9.59 Å². The van der Waals surface area contributed by atoms with Gasteiger partial charge in [0.1, 0.15) is 0 Å². The predicted molar refractivity (Wildman–Crippen MR) is 76.5 cm³/mol. The van der Waals surface area contributed by atoms with E-state index >= 15 is 0 Å². The number of ketones is 2. The van der Waals surface area contributed by atoms with E-state index in [1.54, 1.807) is 12.1 Å². The summed E-state index contributed by atoms with van der Waals surface area (Å²) in [6, 6.07) is 11.5. The topological polar surface area (TPSA) is 34.1 Å². The second-order valence-corrected chi connectivity index (χ2v) is 4.02. The van der Waals surface area contributed by atoms with Gasteiger partial charge in [-0.2, -0.15) is 0 Å². The highest BCUT2D eigenvalue weighted by molar-refractivity contribution is 6.50. The van der Waals surface area contributed by atoms with Gasteiger partial charge in [-0.1, -0.05) is 30.3 Å². The van der Waals surface area contributed by atoms with Crippen LogP contribution in [-0.4, -0.2) is 25.4 Å². The minimum atomic E-state index is -1.75. The summed E-state index contributed by atoms with van der Waals surface area (Å²) in [6.07, 6.45) is 3.03. The molecule has 116 valence electrons. The van der Waals surface area contributed by atoms with Crippen molar-refractivity contribution in [1.82, 2.24) is 0 Å². The SMILES string of the molecule is FCF.FCF.O=C1C=Cc2cc3ccccc3cc2C1=O. The van der Waals surface area contributed by atoms with E-state index < -0.39 is 25.4 Å². The molecule has 0 saturated heterocycles. The van der Waals surface area contributed by atoms with Crippen LogP contribution in [0.1, 0.15) is 15.9 Å². The van der Waals surface area contributed by atoms with E-state index in [4.69, 9.17) is 0 Å². The number of benzene rings is 2. The van der Waals surface area contributed by atoms with Gasteiger partial charge in [0.25, 0.3) is 0 Å². The van der Waals surface area contributed by atoms with Gasteiger partial charge in [-0.05, 0) is 34.5 Å². The van der Waals surface area contributed by atoms with Crippen LogP contribution in [0.4, 0.5) is 17.6 Å². The lowest BCUT2D eigenvalue weighted by molar-refractivity contribution is -0.110. The summed E-state index contributed by atoms with van der Waals surface area (Å²) < 4.78 is 38.5. The third-order valence-corrected chi connectivity index (χ3v) is 2.80. The monoisotopic (exact) mass is 312 g/mol. The van der Waals surface area contributed by atoms with Crippen LogP contribution >= 0.6 is 0 Å². The lowest BCUT2D eigenvalue weighted by Gasteiger charge is -2.09. The molecule has 0 heterocycles. The van der Waals surface area contributed by atoms with Crippen LogP contribution < -0.4 is 0 Å². The maximum Gasteiger partial charge on any atom is 0.233 e. The standard InChI is InChI=1S/C14H8O2.2CH2F2/c15-13-6-5-11-7-9-3-1-2-4-10(9)8-12(11)14(13)16;2*2-1-3/h1-8H;2*1H2. The van der Waals surface area contributed by atoms with Crippen LogP contribution in [0.2, 0.25) is 0 Å². The summed E-state index contributed by atoms with van der Waals surface area (Å²) in [5.41, 5.74) is 1.33. The number of rotatable bonds is 0. The number of alkyl halides is 4. The second kappa shape index (κ2) is 8.71. The molecule has 0 saturated carbocycles. The van der Waals surface area contributed by atoms with Crippen LogP contribution in [-0.2, 0) is 4.79 Å². The molecule has 0 spiro atoms. The Morgan fingerprint density at radius 2 is 1.27 bits per heavy atom. The van der Waals surface area contributed by atoms with Gasteiger partial charge in [0, 0.05) is 5.56 Å². The smallest absolute Gasteiger partial charge is 0.233 e. The Bertz CT molecular complexity index is 694. The Morgan fingerprint density at radius 1 is 0.773 bits per heavy atom. The molecule has 0 unspecified atom stereocenters. The van der Waals surface area contributed by atoms with E-state index in [1.807, 2.05) is 30.3 Å². The van der Waals surface area contributed by atoms with Gasteiger partial charge in [-0.25, -0.2) is 17.6 Å². The number of fused-ring (bicyclic) bond motifs is 2. The van der Waals surface area contributed by atoms with Crippen molar-refractivity contribution in [2.24, 2.45) is 0 Å². The summed E-state index contributed by atoms with van der Waals surface area (Å²) in [5, 5.41) is 2.06. The Hall–Kier alpha value is -2.50. The molecule has 1 aliphatic rings. The zero-order valence-corrected chi connectivity index (χ0v) is 11.4. The molecule has 0 fully saturated rings. The number of halogens is 4. The molecule has 22 heavy (non-hydrogen) atoms. The first-order valence-corrected chi connectivity index (χ1v) is 6.12. The Labute approximate surface area is 124 Å². The largest absolute Gasteiger partial charge is 0.286 e. The summed E-state index contributed by atoms with van der Waals surface area (Å²) in [7, 11) is 0. The first-order valence-electron chi connectivity index (χ1n) is 6.12. The summed E-state index contributed by atoms with van der Waals surface area (Å²) >= 11 is 0. The van der Waals surface area contributed by atoms with Gasteiger partial charge in [-0.15, -0.1) is 0 Å². The van der Waals surface area contributed by atoms with Crippen LogP contribution in [0.25, 0.3) is 16.8 Å². The molecule has 0 atom stereocenters. The molecule has 2 nitrogen and oxygen atoms in total. The van der Waals surface area contributed by atoms with Crippen molar-refractivity contribution in [3.8, 4) is 0 Å². The first-order chi connectivity index (χ1) is 10.6. The molecule has 2 aromatic carbocycles. The molecule has 0 bridgehead atoms. The summed E-state index contributed by atoms with van der Waals surface area (Å²) in [5.74, 6) is -0.856. The molecule has 2 aromatic rings. The average Bonchev–Trinajstić information content (AvgIpc) is 2.51. The van der Waals surface area contributed by atoms with Crippen molar-refractivity contribution in [1.29, 1.82) is 0 Å². The fourth-order valence-electron chi connectivity index (χ4n) is 1.97. The minimum Gasteiger partial charge on any atom is -0.286 e. The fourth-order valence-corrected chi connectivity index (χ4v) is 1.97. The van der Waals surface area contributed by atoms with Gasteiger partial charge < -0.3 is 0 Å². The maximum absolute atomic E-state index is 11.7. The van der Waals surface area contributed by atoms with Gasteiger partial charge in [0.05, 0.1) is 0 Å². The molecule has 0 N–H and O–H groups in total. The van der Waals surface area contributed by atoms with Crippen molar-refractivity contribution in [3.05, 3.63) is 53.6 Å². The van der Waals surface area contributed by atoms with Gasteiger partial charge in [0.2, 0.25) is 25.4 Å². The average molecular weight is 312 g/mol. The predicted octanol–water partition coefficient (Wildman–Crippen LogP) is 4.38. The molecule has 1 aliphatic carbocycles. The molecule has 0 amide bonds. The number of carbonyl (C=O) groups excluding carboxylic acids is 2. The summed E-state index contributed by atoms with van der Waals surface area (Å²) in [4.78, 5) is 22.9. The van der Waals surface area contributed by atoms with E-state index in [0.29, 0.717) is 5.56 Å². The van der Waals surface area contributed by atoms with E-state index in [-0.39, 0.29) is 0 Å². The van der Waals surface area contributed by atoms with Crippen LogP contribution in [0, 0.1) is 0 Å². The Balaban J connectivity index is 0.000000353. The second-order valence-electron chi connectivity index (χ2n) is 4.02. The van der Waals surface area contributed by atoms with Crippen molar-refractivity contribution in [2.45, 2.75) is 0 Å². The van der Waals surface area contributed by atoms with E-state index in [2.05, 4.69) is 0 Å². The number of allylic oxidation sites excluding steroid dienone is 1. The third-order valence-electron chi connectivity index (χ3n) is 2.80. The highest BCUT2D eigenvalue weighted by Crippen LogP contribution is 2.24. The van der Waals surface area contributed by atoms with Crippen molar-refractivity contribution >= 4 is 28.4 Å². The van der Waals surface area contributed by atoms with E-state index in [1.165, 1.54) is 6.08 Å². The Morgan fingerprint density at radius 3 is 1.82 bits per heavy atom. The summed E-state index contributed by atoms with van der Waals surface area (Å²) in [6.45, 7) is -3.50. The van der Waals surface area contributed by atoms with Gasteiger partial charge >= 0.3 is 0 Å². The zero-order valence-electron chi connectivity index (χ0n) is 11.4. The Kier molecular flexibility index (Phi) is 6.95. The molecular formula is C16H12F4O2. The number of hydrogen-bond donors (Lipinski definition) is 0. The highest BCUT2D eigenvalue weighted by Gasteiger charge is 2.20. The maximum atomic E-state index is 11.7. The quantitative estimate of drug-likeness (QED) is 0.534. The number of Topliss-reactive ketones (excluding diaryl/α,β-unsaturated/α-hetero) is 1. The normalized spacial score (nSPS) is 12.0. The molecule has 0 aliphatic heterocycles. The molecule has 0 radical (unpaired) electrons. The minimum absolute atomic E-state index is 0.414. The highest BCUT2D eigenvalue weighted by atomic mass is 19.3. The van der Waals surface area contributed by atoms with Gasteiger partial charge in [0.15, 0.2) is 0 Å². The fraction of sp³-hybridized carbons (Fsp3) is 0.125. The first kappa shape index (κ1) is 17.6. The molecule has 0 aromatic heterocycles. The molecule has 3 rings (SSSR count). The van der Waals surface area contributed by atoms with Crippen LogP contribution in [0.5, 0.6) is 0 Å².